The van der Waals surface area contributed by atoms with E-state index in [1.807, 2.05) is 13.8 Å². The lowest BCUT2D eigenvalue weighted by Gasteiger charge is -2.11. The molecule has 0 amide bonds. The maximum atomic E-state index is 4.22. The summed E-state index contributed by atoms with van der Waals surface area (Å²) >= 11 is 0. The summed E-state index contributed by atoms with van der Waals surface area (Å²) in [4.78, 5) is 0. The molecule has 0 atom stereocenters. The van der Waals surface area contributed by atoms with Crippen molar-refractivity contribution in [3.05, 3.63) is 77.4 Å². The van der Waals surface area contributed by atoms with Crippen LogP contribution in [-0.4, -0.2) is 0 Å². The Bertz CT molecular complexity index is 535. The molecule has 0 aromatic heterocycles. The molecule has 0 saturated carbocycles. The van der Waals surface area contributed by atoms with E-state index < -0.39 is 0 Å². The van der Waals surface area contributed by atoms with Gasteiger partial charge in [-0.05, 0) is 48.1 Å². The van der Waals surface area contributed by atoms with Crippen LogP contribution in [0.4, 0.5) is 0 Å². The molecule has 2 rings (SSSR count). The van der Waals surface area contributed by atoms with E-state index in [0.29, 0.717) is 0 Å². The molecule has 0 heteroatoms. The molecule has 0 heterocycles. The van der Waals surface area contributed by atoms with E-state index in [1.54, 1.807) is 0 Å². The van der Waals surface area contributed by atoms with Crippen LogP contribution in [0, 0.1) is 13.8 Å². The van der Waals surface area contributed by atoms with Crippen molar-refractivity contribution in [3.8, 4) is 0 Å². The molecule has 0 spiro atoms. The van der Waals surface area contributed by atoms with Crippen molar-refractivity contribution in [2.24, 2.45) is 0 Å². The number of allylic oxidation sites excluding steroid dienone is 1. The van der Waals surface area contributed by atoms with Crippen LogP contribution in [0.1, 0.15) is 36.1 Å². The van der Waals surface area contributed by atoms with Crippen molar-refractivity contribution >= 4 is 5.57 Å². The topological polar surface area (TPSA) is 0 Å². The summed E-state index contributed by atoms with van der Waals surface area (Å²) in [7, 11) is 0. The zero-order valence-corrected chi connectivity index (χ0v) is 12.5. The van der Waals surface area contributed by atoms with Gasteiger partial charge in [-0.25, -0.2) is 0 Å². The molecule has 0 N–H and O–H groups in total. The number of rotatable bonds is 3. The summed E-state index contributed by atoms with van der Waals surface area (Å²) in [5, 5.41) is 0. The van der Waals surface area contributed by atoms with Gasteiger partial charge in [0, 0.05) is 0 Å². The average Bonchev–Trinajstić information content (AvgIpc) is 2.44. The Balaban J connectivity index is 0.000000861. The third-order valence-corrected chi connectivity index (χ3v) is 3.19. The summed E-state index contributed by atoms with van der Waals surface area (Å²) in [6.07, 6.45) is 0.928. The molecule has 0 saturated heterocycles. The second-order valence-electron chi connectivity index (χ2n) is 4.52. The Morgan fingerprint density at radius 3 is 1.95 bits per heavy atom. The van der Waals surface area contributed by atoms with Crippen molar-refractivity contribution in [1.29, 1.82) is 0 Å². The highest BCUT2D eigenvalue weighted by molar-refractivity contribution is 5.68. The zero-order valence-electron chi connectivity index (χ0n) is 12.5. The fraction of sp³-hybridized carbons (Fsp3) is 0.263. The highest BCUT2D eigenvalue weighted by Gasteiger charge is 2.04. The van der Waals surface area contributed by atoms with Gasteiger partial charge in [-0.15, -0.1) is 0 Å². The SMILES string of the molecule is C=C(Cc1ccccc1C)c1ccccc1C.CC. The van der Waals surface area contributed by atoms with Gasteiger partial charge >= 0.3 is 0 Å². The molecule has 0 aliphatic rings. The van der Waals surface area contributed by atoms with Crippen LogP contribution in [0.2, 0.25) is 0 Å². The van der Waals surface area contributed by atoms with E-state index in [0.717, 1.165) is 6.42 Å². The molecule has 2 aromatic rings. The Hall–Kier alpha value is -1.82. The van der Waals surface area contributed by atoms with Gasteiger partial charge in [-0.3, -0.25) is 0 Å². The third kappa shape index (κ3) is 4.10. The van der Waals surface area contributed by atoms with Gasteiger partial charge in [-0.1, -0.05) is 69.0 Å². The first-order valence-corrected chi connectivity index (χ1v) is 6.97. The first-order valence-electron chi connectivity index (χ1n) is 6.97. The molecule has 0 fully saturated rings. The van der Waals surface area contributed by atoms with Gasteiger partial charge < -0.3 is 0 Å². The summed E-state index contributed by atoms with van der Waals surface area (Å²) in [6, 6.07) is 16.9. The van der Waals surface area contributed by atoms with Crippen molar-refractivity contribution < 1.29 is 0 Å². The minimum Gasteiger partial charge on any atom is -0.0949 e. The van der Waals surface area contributed by atoms with E-state index in [4.69, 9.17) is 0 Å². The molecule has 0 unspecified atom stereocenters. The van der Waals surface area contributed by atoms with Crippen molar-refractivity contribution in [2.45, 2.75) is 34.1 Å². The number of hydrogen-bond donors (Lipinski definition) is 0. The summed E-state index contributed by atoms with van der Waals surface area (Å²) in [6.45, 7) is 12.5. The fourth-order valence-corrected chi connectivity index (χ4v) is 2.10. The third-order valence-electron chi connectivity index (χ3n) is 3.19. The van der Waals surface area contributed by atoms with Crippen LogP contribution in [0.5, 0.6) is 0 Å². The average molecular weight is 252 g/mol. The standard InChI is InChI=1S/C17H18.C2H6/c1-13-8-4-6-10-16(13)12-15(3)17-11-7-5-9-14(17)2;1-2/h4-11H,3,12H2,1-2H3;1-2H3. The highest BCUT2D eigenvalue weighted by Crippen LogP contribution is 2.22. The van der Waals surface area contributed by atoms with E-state index >= 15 is 0 Å². The quantitative estimate of drug-likeness (QED) is 0.668. The predicted octanol–water partition coefficient (Wildman–Crippen LogP) is 5.59. The summed E-state index contributed by atoms with van der Waals surface area (Å²) in [5.74, 6) is 0. The number of benzene rings is 2. The van der Waals surface area contributed by atoms with E-state index in [9.17, 15) is 0 Å². The Morgan fingerprint density at radius 2 is 1.37 bits per heavy atom. The van der Waals surface area contributed by atoms with Crippen LogP contribution >= 0.6 is 0 Å². The Kier molecular flexibility index (Phi) is 6.08. The summed E-state index contributed by atoms with van der Waals surface area (Å²) < 4.78 is 0. The number of hydrogen-bond acceptors (Lipinski definition) is 0. The molecule has 0 bridgehead atoms. The van der Waals surface area contributed by atoms with E-state index in [1.165, 1.54) is 27.8 Å². The van der Waals surface area contributed by atoms with Crippen molar-refractivity contribution in [3.63, 3.8) is 0 Å². The lowest BCUT2D eigenvalue weighted by molar-refractivity contribution is 1.22. The minimum atomic E-state index is 0.928. The molecular formula is C19H24. The van der Waals surface area contributed by atoms with Gasteiger partial charge in [-0.2, -0.15) is 0 Å². The van der Waals surface area contributed by atoms with E-state index in [2.05, 4.69) is 69.0 Å². The molecule has 100 valence electrons. The van der Waals surface area contributed by atoms with Gasteiger partial charge in [0.25, 0.3) is 0 Å². The van der Waals surface area contributed by atoms with E-state index in [-0.39, 0.29) is 0 Å². The zero-order chi connectivity index (χ0) is 14.3. The summed E-state index contributed by atoms with van der Waals surface area (Å²) in [5.41, 5.74) is 6.46. The predicted molar refractivity (Wildman–Crippen MR) is 86.4 cm³/mol. The molecule has 0 nitrogen and oxygen atoms in total. The van der Waals surface area contributed by atoms with Gasteiger partial charge in [0.15, 0.2) is 0 Å². The Morgan fingerprint density at radius 1 is 0.842 bits per heavy atom. The second-order valence-corrected chi connectivity index (χ2v) is 4.52. The largest absolute Gasteiger partial charge is 0.0949 e. The van der Waals surface area contributed by atoms with Crippen LogP contribution < -0.4 is 0 Å². The lowest BCUT2D eigenvalue weighted by Crippen LogP contribution is -1.94. The maximum absolute atomic E-state index is 4.22. The fourth-order valence-electron chi connectivity index (χ4n) is 2.10. The highest BCUT2D eigenvalue weighted by atomic mass is 14.1. The van der Waals surface area contributed by atoms with Gasteiger partial charge in [0.05, 0.1) is 0 Å². The normalized spacial score (nSPS) is 9.47. The van der Waals surface area contributed by atoms with Crippen LogP contribution in [0.25, 0.3) is 5.57 Å². The van der Waals surface area contributed by atoms with Gasteiger partial charge in [0.2, 0.25) is 0 Å². The van der Waals surface area contributed by atoms with Crippen molar-refractivity contribution in [2.75, 3.05) is 0 Å². The molecular weight excluding hydrogens is 228 g/mol. The first-order chi connectivity index (χ1) is 9.18. The van der Waals surface area contributed by atoms with Crippen LogP contribution in [0.15, 0.2) is 55.1 Å². The lowest BCUT2D eigenvalue weighted by atomic mass is 9.94. The smallest absolute Gasteiger partial charge is 0.00230 e. The Labute approximate surface area is 117 Å². The van der Waals surface area contributed by atoms with Crippen LogP contribution in [-0.2, 0) is 6.42 Å². The minimum absolute atomic E-state index is 0.928. The second kappa shape index (κ2) is 7.58. The first kappa shape index (κ1) is 15.2. The van der Waals surface area contributed by atoms with Crippen molar-refractivity contribution in [1.82, 2.24) is 0 Å². The molecule has 2 aromatic carbocycles. The molecule has 19 heavy (non-hydrogen) atoms. The molecule has 0 radical (unpaired) electrons. The monoisotopic (exact) mass is 252 g/mol. The number of aryl methyl sites for hydroxylation is 2. The van der Waals surface area contributed by atoms with Crippen LogP contribution in [0.3, 0.4) is 0 Å². The molecule has 0 aliphatic carbocycles. The molecule has 0 aliphatic heterocycles. The van der Waals surface area contributed by atoms with Gasteiger partial charge in [0.1, 0.15) is 0 Å². The maximum Gasteiger partial charge on any atom is -0.00230 e.